The number of allylic oxidation sites excluding steroid dienone is 2. The standard InChI is InChI=1S/C49H37BN6O.Pt/c1-30-13-12-14-31(2)45(30)50-46-47(52-43-19-10-11-26-54(43)50)53-48-39-28-33(20-22-35(39)36-15-6-9-18-41(36)56(46)48)57-34-21-23-38-37-16-7-8-17-40(37)55(42(38)29-34)44-27-32(24-25-51-44)49(3,4)5;/h6-27H,1-5H3;/q-2;+2. The van der Waals surface area contributed by atoms with Gasteiger partial charge in [-0.2, -0.15) is 6.07 Å². The quantitative estimate of drug-likeness (QED) is 0.100. The molecule has 6 heterocycles. The topological polar surface area (TPSA) is 59.9 Å². The van der Waals surface area contributed by atoms with Crippen molar-refractivity contribution in [1.82, 2.24) is 23.7 Å². The van der Waals surface area contributed by atoms with Gasteiger partial charge in [-0.1, -0.05) is 115 Å². The van der Waals surface area contributed by atoms with Crippen molar-refractivity contribution in [3.63, 3.8) is 0 Å². The molecule has 0 N–H and O–H groups in total. The molecule has 0 amide bonds. The van der Waals surface area contributed by atoms with Crippen LogP contribution in [0.15, 0.2) is 139 Å². The molecule has 0 fully saturated rings. The minimum Gasteiger partial charge on any atom is -0.503 e. The van der Waals surface area contributed by atoms with Crippen LogP contribution in [0, 0.1) is 26.0 Å². The zero-order valence-corrected chi connectivity index (χ0v) is 35.0. The van der Waals surface area contributed by atoms with E-state index >= 15 is 0 Å². The minimum absolute atomic E-state index is 0. The Morgan fingerprint density at radius 1 is 0.724 bits per heavy atom. The van der Waals surface area contributed by atoms with E-state index in [0.29, 0.717) is 17.3 Å². The Kier molecular flexibility index (Phi) is 8.36. The molecule has 7 nitrogen and oxygen atoms in total. The molecule has 0 bridgehead atoms. The first-order valence-electron chi connectivity index (χ1n) is 19.4. The molecule has 11 rings (SSSR count). The SMILES string of the molecule is Cc1cccc(C)c1B1c2c(nc3c4[c-]c(Oc5[c-]c6c(cc5)c5ccccc5n6-c5cc(C(C)(C)C)ccn5)ccc4c4ccccc4n23)N=C2C=CC=CN12.[Pt+2]. The molecule has 0 radical (unpaired) electrons. The Labute approximate surface area is 351 Å². The molecule has 0 saturated heterocycles. The van der Waals surface area contributed by atoms with Crippen LogP contribution in [0.3, 0.4) is 0 Å². The summed E-state index contributed by atoms with van der Waals surface area (Å²) in [5.41, 5.74) is 9.74. The normalized spacial score (nSPS) is 13.7. The number of aryl methyl sites for hydroxylation is 2. The Hall–Kier alpha value is -6.24. The van der Waals surface area contributed by atoms with Gasteiger partial charge < -0.3 is 18.5 Å². The van der Waals surface area contributed by atoms with Gasteiger partial charge in [-0.3, -0.25) is 4.98 Å². The van der Waals surface area contributed by atoms with Crippen LogP contribution in [0.25, 0.3) is 54.9 Å². The molecule has 9 heteroatoms. The van der Waals surface area contributed by atoms with Crippen molar-refractivity contribution >= 4 is 78.7 Å². The average Bonchev–Trinajstić information content (AvgIpc) is 3.76. The van der Waals surface area contributed by atoms with Crippen LogP contribution in [0.5, 0.6) is 11.5 Å². The van der Waals surface area contributed by atoms with Crippen LogP contribution < -0.4 is 15.8 Å². The summed E-state index contributed by atoms with van der Waals surface area (Å²) in [5.74, 6) is 3.59. The van der Waals surface area contributed by atoms with Gasteiger partial charge in [0.15, 0.2) is 5.82 Å². The number of hydrogen-bond acceptors (Lipinski definition) is 5. The van der Waals surface area contributed by atoms with Crippen molar-refractivity contribution < 1.29 is 25.8 Å². The van der Waals surface area contributed by atoms with Gasteiger partial charge in [0, 0.05) is 28.7 Å². The fraction of sp³-hybridized carbons (Fsp3) is 0.122. The summed E-state index contributed by atoms with van der Waals surface area (Å²) in [6.45, 7) is 10.9. The molecule has 0 spiro atoms. The number of ether oxygens (including phenoxy) is 1. The maximum Gasteiger partial charge on any atom is 2.00 e. The molecule has 282 valence electrons. The second-order valence-electron chi connectivity index (χ2n) is 16.1. The number of rotatable bonds is 4. The monoisotopic (exact) mass is 931 g/mol. The van der Waals surface area contributed by atoms with Gasteiger partial charge in [-0.25, -0.2) is 9.98 Å². The minimum atomic E-state index is -0.142. The number of aliphatic imine (C=N–C) groups is 1. The Morgan fingerprint density at radius 2 is 1.43 bits per heavy atom. The average molecular weight is 932 g/mol. The molecule has 9 aromatic rings. The van der Waals surface area contributed by atoms with Crippen LogP contribution in [0.1, 0.15) is 37.5 Å². The summed E-state index contributed by atoms with van der Waals surface area (Å²) in [7, 11) is 0. The van der Waals surface area contributed by atoms with Crippen molar-refractivity contribution in [1.29, 1.82) is 0 Å². The van der Waals surface area contributed by atoms with Gasteiger partial charge in [-0.15, -0.1) is 29.7 Å². The van der Waals surface area contributed by atoms with Crippen molar-refractivity contribution in [3.8, 4) is 17.3 Å². The first kappa shape index (κ1) is 36.1. The maximum atomic E-state index is 6.69. The molecule has 58 heavy (non-hydrogen) atoms. The summed E-state index contributed by atoms with van der Waals surface area (Å²) in [5, 5.41) is 5.24. The third-order valence-electron chi connectivity index (χ3n) is 11.5. The van der Waals surface area contributed by atoms with Crippen molar-refractivity contribution in [2.24, 2.45) is 4.99 Å². The van der Waals surface area contributed by atoms with Crippen LogP contribution in [-0.4, -0.2) is 36.4 Å². The van der Waals surface area contributed by atoms with Gasteiger partial charge in [0.1, 0.15) is 11.7 Å². The largest absolute Gasteiger partial charge is 2.00 e. The van der Waals surface area contributed by atoms with Gasteiger partial charge >= 0.3 is 27.9 Å². The Morgan fingerprint density at radius 3 is 2.21 bits per heavy atom. The van der Waals surface area contributed by atoms with Crippen LogP contribution in [0.2, 0.25) is 0 Å². The summed E-state index contributed by atoms with van der Waals surface area (Å²) >= 11 is 0. The second-order valence-corrected chi connectivity index (χ2v) is 16.1. The van der Waals surface area contributed by atoms with E-state index in [-0.39, 0.29) is 33.3 Å². The summed E-state index contributed by atoms with van der Waals surface area (Å²) in [6.07, 6.45) is 10.2. The van der Waals surface area contributed by atoms with Gasteiger partial charge in [0.05, 0.1) is 11.2 Å². The number of hydrogen-bond donors (Lipinski definition) is 0. The number of benzene rings is 5. The summed E-state index contributed by atoms with van der Waals surface area (Å²) < 4.78 is 11.2. The van der Waals surface area contributed by atoms with Crippen molar-refractivity contribution in [2.45, 2.75) is 40.0 Å². The van der Waals surface area contributed by atoms with Gasteiger partial charge in [-0.05, 0) is 83.7 Å². The van der Waals surface area contributed by atoms with Crippen LogP contribution in [-0.2, 0) is 26.5 Å². The number of amidine groups is 1. The number of fused-ring (bicyclic) bond motifs is 12. The van der Waals surface area contributed by atoms with Crippen LogP contribution in [0.4, 0.5) is 5.82 Å². The van der Waals surface area contributed by atoms with Crippen molar-refractivity contribution in [3.05, 3.63) is 163 Å². The van der Waals surface area contributed by atoms with Gasteiger partial charge in [0.25, 0.3) is 0 Å². The molecular weight excluding hydrogens is 894 g/mol. The van der Waals surface area contributed by atoms with E-state index in [9.17, 15) is 0 Å². The van der Waals surface area contributed by atoms with E-state index in [1.165, 1.54) is 22.2 Å². The predicted octanol–water partition coefficient (Wildman–Crippen LogP) is 9.97. The summed E-state index contributed by atoms with van der Waals surface area (Å²) in [6, 6.07) is 43.3. The third-order valence-corrected chi connectivity index (χ3v) is 11.5. The number of pyridine rings is 2. The second kappa shape index (κ2) is 13.4. The van der Waals surface area contributed by atoms with E-state index in [1.807, 2.05) is 24.4 Å². The first-order valence-corrected chi connectivity index (χ1v) is 19.4. The molecule has 4 aromatic heterocycles. The summed E-state index contributed by atoms with van der Waals surface area (Å²) in [4.78, 5) is 17.6. The first-order chi connectivity index (χ1) is 27.7. The zero-order chi connectivity index (χ0) is 38.6. The smallest absolute Gasteiger partial charge is 0.503 e. The number of aromatic nitrogens is 4. The van der Waals surface area contributed by atoms with E-state index in [1.54, 1.807) is 0 Å². The number of para-hydroxylation sites is 2. The maximum absolute atomic E-state index is 6.69. The Balaban J connectivity index is 0.00000408. The molecule has 5 aromatic carbocycles. The molecule has 0 unspecified atom stereocenters. The molecule has 2 aliphatic heterocycles. The van der Waals surface area contributed by atoms with Crippen molar-refractivity contribution in [2.75, 3.05) is 0 Å². The number of nitrogens with zero attached hydrogens (tertiary/aromatic N) is 6. The number of imidazole rings is 1. The van der Waals surface area contributed by atoms with Gasteiger partial charge in [0.2, 0.25) is 0 Å². The van der Waals surface area contributed by atoms with Crippen LogP contribution >= 0.6 is 0 Å². The molecule has 0 aliphatic carbocycles. The van der Waals surface area contributed by atoms with E-state index in [4.69, 9.17) is 19.7 Å². The fourth-order valence-electron chi connectivity index (χ4n) is 8.82. The van der Waals surface area contributed by atoms with E-state index in [2.05, 4.69) is 170 Å². The van der Waals surface area contributed by atoms with E-state index < -0.39 is 0 Å². The molecule has 0 atom stereocenters. The predicted molar refractivity (Wildman–Crippen MR) is 233 cm³/mol. The molecular formula is C49H37BN6OPt. The Bertz CT molecular complexity index is 3240. The fourth-order valence-corrected chi connectivity index (χ4v) is 8.82. The third kappa shape index (κ3) is 5.49. The van der Waals surface area contributed by atoms with E-state index in [0.717, 1.165) is 66.4 Å². The molecule has 0 saturated carbocycles. The zero-order valence-electron chi connectivity index (χ0n) is 32.7. The molecule has 2 aliphatic rings.